The van der Waals surface area contributed by atoms with E-state index in [9.17, 15) is 22.4 Å². The highest BCUT2D eigenvalue weighted by Gasteiger charge is 2.34. The van der Waals surface area contributed by atoms with Gasteiger partial charge in [0.15, 0.2) is 11.5 Å². The maximum absolute atomic E-state index is 14.2. The van der Waals surface area contributed by atoms with Crippen LogP contribution in [0.5, 0.6) is 17.2 Å². The van der Waals surface area contributed by atoms with Gasteiger partial charge in [0, 0.05) is 19.2 Å². The molecule has 3 aromatic carbocycles. The summed E-state index contributed by atoms with van der Waals surface area (Å²) >= 11 is 0. The summed E-state index contributed by atoms with van der Waals surface area (Å²) in [4.78, 5) is 28.8. The number of nitrogens with zero attached hydrogens (tertiary/aromatic N) is 2. The Morgan fingerprint density at radius 1 is 0.977 bits per heavy atom. The van der Waals surface area contributed by atoms with E-state index in [2.05, 4.69) is 5.32 Å². The number of amides is 2. The summed E-state index contributed by atoms with van der Waals surface area (Å²) in [5.41, 5.74) is 0.800. The molecule has 1 aliphatic heterocycles. The molecule has 1 atom stereocenters. The van der Waals surface area contributed by atoms with Crippen LogP contribution in [0.25, 0.3) is 0 Å². The largest absolute Gasteiger partial charge is 0.497 e. The number of benzene rings is 3. The minimum absolute atomic E-state index is 0.0394. The number of hydrogen-bond donors (Lipinski definition) is 1. The molecule has 1 heterocycles. The molecule has 4 rings (SSSR count). The Labute approximate surface area is 257 Å². The zero-order valence-corrected chi connectivity index (χ0v) is 26.1. The molecule has 0 unspecified atom stereocenters. The van der Waals surface area contributed by atoms with Gasteiger partial charge in [-0.05, 0) is 66.4 Å². The molecule has 12 heteroatoms. The molecule has 0 spiro atoms. The fourth-order valence-corrected chi connectivity index (χ4v) is 6.15. The second-order valence-electron chi connectivity index (χ2n) is 10.7. The first kappa shape index (κ1) is 32.6. The molecule has 1 aliphatic rings. The predicted molar refractivity (Wildman–Crippen MR) is 164 cm³/mol. The number of nitrogens with one attached hydrogen (secondary N) is 1. The Morgan fingerprint density at radius 2 is 1.64 bits per heavy atom. The van der Waals surface area contributed by atoms with Gasteiger partial charge in [0.1, 0.15) is 37.4 Å². The number of hydrogen-bond acceptors (Lipinski definition) is 7. The van der Waals surface area contributed by atoms with Crippen molar-refractivity contribution in [2.24, 2.45) is 5.92 Å². The van der Waals surface area contributed by atoms with Crippen LogP contribution in [-0.4, -0.2) is 64.6 Å². The summed E-state index contributed by atoms with van der Waals surface area (Å²) in [5, 5.41) is 2.90. The first-order chi connectivity index (χ1) is 21.0. The highest BCUT2D eigenvalue weighted by molar-refractivity contribution is 7.92. The zero-order valence-electron chi connectivity index (χ0n) is 25.3. The van der Waals surface area contributed by atoms with Crippen LogP contribution in [0.3, 0.4) is 0 Å². The van der Waals surface area contributed by atoms with Gasteiger partial charge in [-0.1, -0.05) is 32.9 Å². The molecule has 10 nitrogen and oxygen atoms in total. The van der Waals surface area contributed by atoms with Crippen LogP contribution in [0.1, 0.15) is 32.8 Å². The van der Waals surface area contributed by atoms with Crippen molar-refractivity contribution in [3.63, 3.8) is 0 Å². The Morgan fingerprint density at radius 3 is 2.25 bits per heavy atom. The van der Waals surface area contributed by atoms with Gasteiger partial charge < -0.3 is 24.4 Å². The second-order valence-corrected chi connectivity index (χ2v) is 12.6. The summed E-state index contributed by atoms with van der Waals surface area (Å²) in [6, 6.07) is 15.2. The standard InChI is InChI=1S/C32H38FN3O7S/c1-5-28(32(38)34-19-22(2)3)35(20-23-6-12-26(41-4)13-7-23)31(37)21-36(25-10-8-24(33)9-11-25)44(39,40)27-14-15-29-30(18-27)43-17-16-42-29/h6-15,18,22,28H,5,16-17,19-21H2,1-4H3,(H,34,38)/t28-/m1/s1. The molecule has 0 aliphatic carbocycles. The normalized spacial score (nSPS) is 13.2. The Bertz CT molecular complexity index is 1550. The lowest BCUT2D eigenvalue weighted by atomic mass is 10.1. The van der Waals surface area contributed by atoms with Crippen molar-refractivity contribution in [2.45, 2.75) is 44.7 Å². The molecule has 0 aromatic heterocycles. The first-order valence-corrected chi connectivity index (χ1v) is 15.9. The SMILES string of the molecule is CC[C@H](C(=O)NCC(C)C)N(Cc1ccc(OC)cc1)C(=O)CN(c1ccc(F)cc1)S(=O)(=O)c1ccc2c(c1)OCCO2. The maximum atomic E-state index is 14.2. The highest BCUT2D eigenvalue weighted by atomic mass is 32.2. The van der Waals surface area contributed by atoms with Crippen molar-refractivity contribution in [1.29, 1.82) is 0 Å². The predicted octanol–water partition coefficient (Wildman–Crippen LogP) is 4.38. The molecule has 0 fully saturated rings. The minimum atomic E-state index is -4.37. The van der Waals surface area contributed by atoms with E-state index in [1.54, 1.807) is 38.3 Å². The van der Waals surface area contributed by atoms with Crippen molar-refractivity contribution < 1.29 is 36.6 Å². The van der Waals surface area contributed by atoms with E-state index in [0.717, 1.165) is 22.0 Å². The fourth-order valence-electron chi connectivity index (χ4n) is 4.72. The maximum Gasteiger partial charge on any atom is 0.264 e. The summed E-state index contributed by atoms with van der Waals surface area (Å²) in [5.74, 6) is -0.0384. The average Bonchev–Trinajstić information content (AvgIpc) is 3.02. The van der Waals surface area contributed by atoms with Gasteiger partial charge in [-0.25, -0.2) is 12.8 Å². The molecule has 2 amide bonds. The summed E-state index contributed by atoms with van der Waals surface area (Å²) in [6.45, 7) is 6.12. The smallest absolute Gasteiger partial charge is 0.264 e. The molecular formula is C32H38FN3O7S. The third-order valence-corrected chi connectivity index (χ3v) is 8.85. The van der Waals surface area contributed by atoms with Crippen LogP contribution in [-0.2, 0) is 26.2 Å². The van der Waals surface area contributed by atoms with Gasteiger partial charge in [0.05, 0.1) is 17.7 Å². The van der Waals surface area contributed by atoms with Crippen LogP contribution < -0.4 is 23.8 Å². The van der Waals surface area contributed by atoms with Crippen LogP contribution >= 0.6 is 0 Å². The molecule has 1 N–H and O–H groups in total. The first-order valence-electron chi connectivity index (χ1n) is 14.4. The number of carbonyl (C=O) groups is 2. The molecule has 0 bridgehead atoms. The lowest BCUT2D eigenvalue weighted by molar-refractivity contribution is -0.140. The van der Waals surface area contributed by atoms with E-state index >= 15 is 0 Å². The minimum Gasteiger partial charge on any atom is -0.497 e. The van der Waals surface area contributed by atoms with Gasteiger partial charge in [0.2, 0.25) is 11.8 Å². The molecule has 0 saturated carbocycles. The summed E-state index contributed by atoms with van der Waals surface area (Å²) in [7, 11) is -2.83. The average molecular weight is 628 g/mol. The number of sulfonamides is 1. The van der Waals surface area contributed by atoms with Crippen molar-refractivity contribution in [3.05, 3.63) is 78.1 Å². The molecule has 3 aromatic rings. The Hall–Kier alpha value is -4.32. The number of ether oxygens (including phenoxy) is 3. The number of methoxy groups -OCH3 is 1. The number of rotatable bonds is 13. The lowest BCUT2D eigenvalue weighted by Gasteiger charge is -2.33. The molecule has 0 radical (unpaired) electrons. The van der Waals surface area contributed by atoms with Gasteiger partial charge in [-0.15, -0.1) is 0 Å². The Balaban J connectivity index is 1.72. The van der Waals surface area contributed by atoms with E-state index in [-0.39, 0.29) is 47.7 Å². The third-order valence-electron chi connectivity index (χ3n) is 7.08. The monoisotopic (exact) mass is 627 g/mol. The highest BCUT2D eigenvalue weighted by Crippen LogP contribution is 2.34. The van der Waals surface area contributed by atoms with E-state index in [0.29, 0.717) is 24.7 Å². The number of carbonyl (C=O) groups excluding carboxylic acids is 2. The topological polar surface area (TPSA) is 114 Å². The van der Waals surface area contributed by atoms with Crippen LogP contribution in [0.2, 0.25) is 0 Å². The van der Waals surface area contributed by atoms with E-state index in [1.807, 2.05) is 13.8 Å². The van der Waals surface area contributed by atoms with Gasteiger partial charge >= 0.3 is 0 Å². The number of halogens is 1. The second kappa shape index (κ2) is 14.4. The van der Waals surface area contributed by atoms with Crippen molar-refractivity contribution in [3.8, 4) is 17.2 Å². The summed E-state index contributed by atoms with van der Waals surface area (Å²) in [6.07, 6.45) is 0.289. The third kappa shape index (κ3) is 7.79. The number of anilines is 1. The van der Waals surface area contributed by atoms with Crippen LogP contribution in [0, 0.1) is 11.7 Å². The summed E-state index contributed by atoms with van der Waals surface area (Å²) < 4.78 is 59.4. The van der Waals surface area contributed by atoms with Gasteiger partial charge in [-0.2, -0.15) is 0 Å². The van der Waals surface area contributed by atoms with Crippen molar-refractivity contribution >= 4 is 27.5 Å². The quantitative estimate of drug-likeness (QED) is 0.299. The van der Waals surface area contributed by atoms with E-state index in [4.69, 9.17) is 14.2 Å². The molecule has 236 valence electrons. The lowest BCUT2D eigenvalue weighted by Crippen LogP contribution is -2.52. The zero-order chi connectivity index (χ0) is 31.9. The fraction of sp³-hybridized carbons (Fsp3) is 0.375. The van der Waals surface area contributed by atoms with Crippen molar-refractivity contribution in [1.82, 2.24) is 10.2 Å². The Kier molecular flexibility index (Phi) is 10.7. The van der Waals surface area contributed by atoms with Gasteiger partial charge in [0.25, 0.3) is 10.0 Å². The molecular weight excluding hydrogens is 589 g/mol. The van der Waals surface area contributed by atoms with Gasteiger partial charge in [-0.3, -0.25) is 13.9 Å². The number of fused-ring (bicyclic) bond motifs is 1. The molecule has 44 heavy (non-hydrogen) atoms. The van der Waals surface area contributed by atoms with Crippen molar-refractivity contribution in [2.75, 3.05) is 37.7 Å². The van der Waals surface area contributed by atoms with Crippen LogP contribution in [0.15, 0.2) is 71.6 Å². The van der Waals surface area contributed by atoms with E-state index < -0.39 is 34.3 Å². The molecule has 0 saturated heterocycles. The van der Waals surface area contributed by atoms with Crippen LogP contribution in [0.4, 0.5) is 10.1 Å². The van der Waals surface area contributed by atoms with E-state index in [1.165, 1.54) is 35.2 Å².